The van der Waals surface area contributed by atoms with Crippen LogP contribution in [0.4, 0.5) is 14.9 Å². The van der Waals surface area contributed by atoms with E-state index in [1.807, 2.05) is 0 Å². The zero-order chi connectivity index (χ0) is 12.4. The lowest BCUT2D eigenvalue weighted by Crippen LogP contribution is -2.35. The van der Waals surface area contributed by atoms with Gasteiger partial charge in [0.1, 0.15) is 5.82 Å². The number of carbonyl (C=O) groups excluding carboxylic acids is 1. The van der Waals surface area contributed by atoms with Crippen molar-refractivity contribution in [2.75, 3.05) is 11.4 Å². The number of benzene rings is 1. The highest BCUT2D eigenvalue weighted by Gasteiger charge is 2.33. The molecule has 1 aliphatic rings. The molecule has 2 amide bonds. The summed E-state index contributed by atoms with van der Waals surface area (Å²) in [5.74, 6) is -1.37. The summed E-state index contributed by atoms with van der Waals surface area (Å²) < 4.78 is 12.8. The van der Waals surface area contributed by atoms with Gasteiger partial charge in [-0.15, -0.1) is 0 Å². The molecule has 1 saturated heterocycles. The molecule has 90 valence electrons. The number of anilines is 1. The highest BCUT2D eigenvalue weighted by molar-refractivity contribution is 5.95. The van der Waals surface area contributed by atoms with Crippen molar-refractivity contribution >= 4 is 17.7 Å². The van der Waals surface area contributed by atoms with E-state index in [-0.39, 0.29) is 19.0 Å². The maximum Gasteiger partial charge on any atom is 0.322 e. The number of carboxylic acids is 1. The summed E-state index contributed by atoms with van der Waals surface area (Å²) in [6.45, 7) is 0.280. The molecule has 1 fully saturated rings. The number of nitrogens with zero attached hydrogens (tertiary/aromatic N) is 1. The van der Waals surface area contributed by atoms with Crippen LogP contribution in [0, 0.1) is 5.82 Å². The fourth-order valence-corrected chi connectivity index (χ4v) is 1.84. The van der Waals surface area contributed by atoms with Gasteiger partial charge in [-0.2, -0.15) is 0 Å². The summed E-state index contributed by atoms with van der Waals surface area (Å²) in [5.41, 5.74) is 0.493. The van der Waals surface area contributed by atoms with E-state index < -0.39 is 17.8 Å². The van der Waals surface area contributed by atoms with Crippen molar-refractivity contribution in [3.05, 3.63) is 30.1 Å². The number of halogens is 1. The minimum atomic E-state index is -0.974. The molecule has 6 heteroatoms. The molecule has 2 rings (SSSR count). The first kappa shape index (κ1) is 11.4. The molecule has 0 bridgehead atoms. The quantitative estimate of drug-likeness (QED) is 0.831. The second-order valence-corrected chi connectivity index (χ2v) is 3.78. The molecule has 1 unspecified atom stereocenters. The first-order valence-corrected chi connectivity index (χ1v) is 5.12. The topological polar surface area (TPSA) is 69.6 Å². The molecular weight excluding hydrogens is 227 g/mol. The molecule has 0 aliphatic carbocycles. The maximum atomic E-state index is 12.8. The van der Waals surface area contributed by atoms with E-state index in [4.69, 9.17) is 5.11 Å². The van der Waals surface area contributed by atoms with Gasteiger partial charge < -0.3 is 10.4 Å². The molecule has 1 aromatic rings. The first-order valence-electron chi connectivity index (χ1n) is 5.12. The predicted molar refractivity (Wildman–Crippen MR) is 58.3 cm³/mol. The van der Waals surface area contributed by atoms with Gasteiger partial charge in [-0.1, -0.05) is 0 Å². The second kappa shape index (κ2) is 4.40. The number of urea groups is 1. The third-order valence-corrected chi connectivity index (χ3v) is 2.59. The van der Waals surface area contributed by atoms with E-state index in [0.29, 0.717) is 5.69 Å². The zero-order valence-electron chi connectivity index (χ0n) is 8.89. The van der Waals surface area contributed by atoms with Crippen LogP contribution in [0.5, 0.6) is 0 Å². The van der Waals surface area contributed by atoms with Crippen LogP contribution < -0.4 is 10.2 Å². The number of rotatable bonds is 3. The number of carbonyl (C=O) groups is 2. The number of hydrogen-bond donors (Lipinski definition) is 2. The Morgan fingerprint density at radius 2 is 2.12 bits per heavy atom. The molecular formula is C11H11FN2O3. The normalized spacial score (nSPS) is 19.2. The highest BCUT2D eigenvalue weighted by atomic mass is 19.1. The molecule has 0 radical (unpaired) electrons. The van der Waals surface area contributed by atoms with Crippen LogP contribution in [-0.2, 0) is 4.79 Å². The van der Waals surface area contributed by atoms with Crippen LogP contribution in [0.25, 0.3) is 0 Å². The Morgan fingerprint density at radius 3 is 2.71 bits per heavy atom. The summed E-state index contributed by atoms with van der Waals surface area (Å²) >= 11 is 0. The van der Waals surface area contributed by atoms with Crippen LogP contribution in [-0.4, -0.2) is 29.7 Å². The van der Waals surface area contributed by atoms with Crippen LogP contribution in [0.2, 0.25) is 0 Å². The molecule has 1 aliphatic heterocycles. The van der Waals surface area contributed by atoms with E-state index in [2.05, 4.69) is 5.32 Å². The van der Waals surface area contributed by atoms with Crippen LogP contribution >= 0.6 is 0 Å². The standard InChI is InChI=1S/C11H11FN2O3/c12-7-1-3-8(4-2-7)14-9(5-10(15)16)6-13-11(14)17/h1-4,9H,5-6H2,(H,13,17)(H,15,16). The van der Waals surface area contributed by atoms with Crippen LogP contribution in [0.1, 0.15) is 6.42 Å². The summed E-state index contributed by atoms with van der Waals surface area (Å²) in [4.78, 5) is 23.6. The van der Waals surface area contributed by atoms with Gasteiger partial charge in [-0.05, 0) is 24.3 Å². The summed E-state index contributed by atoms with van der Waals surface area (Å²) in [6.07, 6.45) is -0.143. The van der Waals surface area contributed by atoms with Crippen molar-refractivity contribution in [2.24, 2.45) is 0 Å². The Morgan fingerprint density at radius 1 is 1.47 bits per heavy atom. The molecule has 1 atom stereocenters. The average Bonchev–Trinajstić information content (AvgIpc) is 2.61. The fraction of sp³-hybridized carbons (Fsp3) is 0.273. The monoisotopic (exact) mass is 238 g/mol. The van der Waals surface area contributed by atoms with Crippen molar-refractivity contribution in [2.45, 2.75) is 12.5 Å². The van der Waals surface area contributed by atoms with E-state index in [0.717, 1.165) is 0 Å². The van der Waals surface area contributed by atoms with Crippen LogP contribution in [0.15, 0.2) is 24.3 Å². The predicted octanol–water partition coefficient (Wildman–Crippen LogP) is 1.20. The van der Waals surface area contributed by atoms with Gasteiger partial charge in [0.15, 0.2) is 0 Å². The Kier molecular flexibility index (Phi) is 2.95. The summed E-state index contributed by atoms with van der Waals surface area (Å²) in [5, 5.41) is 11.3. The number of amides is 2. The SMILES string of the molecule is O=C(O)CC1CNC(=O)N1c1ccc(F)cc1. The van der Waals surface area contributed by atoms with Gasteiger partial charge >= 0.3 is 12.0 Å². The summed E-state index contributed by atoms with van der Waals surface area (Å²) in [7, 11) is 0. The Bertz CT molecular complexity index is 447. The van der Waals surface area contributed by atoms with Gasteiger partial charge in [-0.25, -0.2) is 9.18 Å². The Labute approximate surface area is 96.8 Å². The Hall–Kier alpha value is -2.11. The average molecular weight is 238 g/mol. The number of aliphatic carboxylic acids is 1. The van der Waals surface area contributed by atoms with Crippen molar-refractivity contribution in [1.82, 2.24) is 5.32 Å². The molecule has 0 saturated carbocycles. The molecule has 5 nitrogen and oxygen atoms in total. The van der Waals surface area contributed by atoms with Crippen molar-refractivity contribution < 1.29 is 19.1 Å². The van der Waals surface area contributed by atoms with Crippen molar-refractivity contribution in [1.29, 1.82) is 0 Å². The molecule has 0 spiro atoms. The lowest BCUT2D eigenvalue weighted by atomic mass is 10.2. The molecule has 0 aromatic heterocycles. The maximum absolute atomic E-state index is 12.8. The fourth-order valence-electron chi connectivity index (χ4n) is 1.84. The minimum Gasteiger partial charge on any atom is -0.481 e. The number of hydrogen-bond acceptors (Lipinski definition) is 2. The molecule has 2 N–H and O–H groups in total. The lowest BCUT2D eigenvalue weighted by molar-refractivity contribution is -0.137. The van der Waals surface area contributed by atoms with E-state index in [1.165, 1.54) is 29.2 Å². The van der Waals surface area contributed by atoms with Gasteiger partial charge in [0.05, 0.1) is 12.5 Å². The lowest BCUT2D eigenvalue weighted by Gasteiger charge is -2.21. The second-order valence-electron chi connectivity index (χ2n) is 3.78. The van der Waals surface area contributed by atoms with E-state index >= 15 is 0 Å². The van der Waals surface area contributed by atoms with E-state index in [9.17, 15) is 14.0 Å². The smallest absolute Gasteiger partial charge is 0.322 e. The van der Waals surface area contributed by atoms with Gasteiger partial charge in [-0.3, -0.25) is 9.69 Å². The van der Waals surface area contributed by atoms with E-state index in [1.54, 1.807) is 0 Å². The molecule has 17 heavy (non-hydrogen) atoms. The highest BCUT2D eigenvalue weighted by Crippen LogP contribution is 2.22. The largest absolute Gasteiger partial charge is 0.481 e. The number of nitrogens with one attached hydrogen (secondary N) is 1. The van der Waals surface area contributed by atoms with Crippen molar-refractivity contribution in [3.8, 4) is 0 Å². The Balaban J connectivity index is 2.24. The first-order chi connectivity index (χ1) is 8.08. The van der Waals surface area contributed by atoms with Gasteiger partial charge in [0.25, 0.3) is 0 Å². The number of carboxylic acid groups (broad SMARTS) is 1. The van der Waals surface area contributed by atoms with Crippen molar-refractivity contribution in [3.63, 3.8) is 0 Å². The van der Waals surface area contributed by atoms with Crippen LogP contribution in [0.3, 0.4) is 0 Å². The third-order valence-electron chi connectivity index (χ3n) is 2.59. The van der Waals surface area contributed by atoms with Gasteiger partial charge in [0.2, 0.25) is 0 Å². The third kappa shape index (κ3) is 2.35. The molecule has 1 aromatic carbocycles. The van der Waals surface area contributed by atoms with Gasteiger partial charge in [0, 0.05) is 12.2 Å². The zero-order valence-corrected chi connectivity index (χ0v) is 8.89. The summed E-state index contributed by atoms with van der Waals surface area (Å²) in [6, 6.07) is 4.58. The molecule has 1 heterocycles. The minimum absolute atomic E-state index is 0.143.